The number of benzene rings is 1. The summed E-state index contributed by atoms with van der Waals surface area (Å²) in [6.07, 6.45) is 3.75. The maximum atomic E-state index is 12.8. The number of fused-ring (bicyclic) bond motifs is 1. The van der Waals surface area contributed by atoms with Crippen molar-refractivity contribution in [3.05, 3.63) is 75.7 Å². The van der Waals surface area contributed by atoms with Gasteiger partial charge in [0.2, 0.25) is 11.4 Å². The number of nitrogens with one attached hydrogen (secondary N) is 2. The van der Waals surface area contributed by atoms with Crippen LogP contribution in [0.1, 0.15) is 11.3 Å². The van der Waals surface area contributed by atoms with Crippen molar-refractivity contribution in [2.24, 2.45) is 0 Å². The smallest absolute Gasteiger partial charge is 0.229 e. The van der Waals surface area contributed by atoms with Gasteiger partial charge in [-0.3, -0.25) is 4.79 Å². The van der Waals surface area contributed by atoms with Crippen molar-refractivity contribution in [2.75, 3.05) is 50.6 Å². The van der Waals surface area contributed by atoms with Gasteiger partial charge < -0.3 is 24.3 Å². The molecule has 0 unspecified atom stereocenters. The Hall–Kier alpha value is -4.06. The molecule has 5 aromatic rings. The predicted octanol–water partition coefficient (Wildman–Crippen LogP) is 3.03. The SMILES string of the molecule is Cc1nn(-c2ccnc(Nc3ccc(-c4csc5c(=O)cc(N6CCOCC6)oc45)cc3)n2)cc1C[NH+](C)C. The number of hydrogen-bond acceptors (Lipinski definition) is 9. The predicted molar refractivity (Wildman–Crippen MR) is 153 cm³/mol. The van der Waals surface area contributed by atoms with Gasteiger partial charge in [-0.05, 0) is 24.6 Å². The topological polar surface area (TPSA) is 103 Å². The molecule has 1 aromatic carbocycles. The molecule has 0 radical (unpaired) electrons. The minimum atomic E-state index is -0.0215. The van der Waals surface area contributed by atoms with Crippen molar-refractivity contribution in [1.82, 2.24) is 19.7 Å². The second-order valence-corrected chi connectivity index (χ2v) is 10.7. The molecule has 1 aliphatic rings. The van der Waals surface area contributed by atoms with E-state index in [0.717, 1.165) is 29.1 Å². The average molecular weight is 545 g/mol. The van der Waals surface area contributed by atoms with Gasteiger partial charge in [0.05, 0.1) is 33.0 Å². The van der Waals surface area contributed by atoms with Crippen LogP contribution in [0.15, 0.2) is 63.4 Å². The maximum Gasteiger partial charge on any atom is 0.229 e. The quantitative estimate of drug-likeness (QED) is 0.322. The summed E-state index contributed by atoms with van der Waals surface area (Å²) in [6.45, 7) is 5.57. The summed E-state index contributed by atoms with van der Waals surface area (Å²) in [5.74, 6) is 1.77. The molecule has 0 aliphatic carbocycles. The molecule has 0 amide bonds. The van der Waals surface area contributed by atoms with Crippen LogP contribution in [-0.2, 0) is 11.3 Å². The lowest BCUT2D eigenvalue weighted by Gasteiger charge is -2.27. The molecule has 4 aromatic heterocycles. The molecule has 11 heteroatoms. The highest BCUT2D eigenvalue weighted by Gasteiger charge is 2.19. The molecule has 0 bridgehead atoms. The van der Waals surface area contributed by atoms with Crippen molar-refractivity contribution in [2.45, 2.75) is 13.5 Å². The number of aromatic nitrogens is 4. The van der Waals surface area contributed by atoms with E-state index in [9.17, 15) is 4.79 Å². The van der Waals surface area contributed by atoms with E-state index in [4.69, 9.17) is 9.15 Å². The number of anilines is 3. The number of morpholine rings is 1. The molecule has 200 valence electrons. The second kappa shape index (κ2) is 10.6. The number of quaternary nitrogens is 1. The van der Waals surface area contributed by atoms with E-state index in [1.54, 1.807) is 16.9 Å². The van der Waals surface area contributed by atoms with Crippen LogP contribution in [0.25, 0.3) is 27.2 Å². The van der Waals surface area contributed by atoms with Crippen LogP contribution in [0.4, 0.5) is 17.5 Å². The van der Waals surface area contributed by atoms with Crippen LogP contribution in [-0.4, -0.2) is 60.1 Å². The zero-order chi connectivity index (χ0) is 26.9. The Morgan fingerprint density at radius 3 is 2.69 bits per heavy atom. The molecule has 5 heterocycles. The Balaban J connectivity index is 1.23. The van der Waals surface area contributed by atoms with Crippen molar-refractivity contribution in [1.29, 1.82) is 0 Å². The highest BCUT2D eigenvalue weighted by molar-refractivity contribution is 7.17. The third-order valence-corrected chi connectivity index (χ3v) is 7.60. The number of ether oxygens (including phenoxy) is 1. The molecule has 0 saturated carbocycles. The van der Waals surface area contributed by atoms with E-state index in [-0.39, 0.29) is 5.43 Å². The average Bonchev–Trinajstić information content (AvgIpc) is 3.53. The molecular weight excluding hydrogens is 514 g/mol. The number of thiophene rings is 1. The standard InChI is InChI=1S/C28H29N7O3S/c1-18-20(15-33(2)3)16-35(32-18)24-8-9-29-28(31-24)30-21-6-4-19(5-7-21)22-17-39-27-23(36)14-25(38-26(22)27)34-10-12-37-13-11-34/h4-9,14,16-17H,10-13,15H2,1-3H3,(H,29,30,31)/p+1. The molecule has 10 nitrogen and oxygen atoms in total. The summed E-state index contributed by atoms with van der Waals surface area (Å²) in [5.41, 5.74) is 5.49. The Kier molecular flexibility index (Phi) is 6.86. The van der Waals surface area contributed by atoms with Gasteiger partial charge in [-0.1, -0.05) is 12.1 Å². The highest BCUT2D eigenvalue weighted by atomic mass is 32.1. The zero-order valence-electron chi connectivity index (χ0n) is 22.1. The van der Waals surface area contributed by atoms with Crippen molar-refractivity contribution >= 4 is 39.1 Å². The summed E-state index contributed by atoms with van der Waals surface area (Å²) in [6, 6.07) is 11.4. The van der Waals surface area contributed by atoms with Gasteiger partial charge in [0.15, 0.2) is 17.3 Å². The molecular formula is C28H30N7O3S+. The summed E-state index contributed by atoms with van der Waals surface area (Å²) in [5, 5.41) is 9.89. The fourth-order valence-corrected chi connectivity index (χ4v) is 5.55. The lowest BCUT2D eigenvalue weighted by molar-refractivity contribution is -0.872. The second-order valence-electron chi connectivity index (χ2n) is 9.86. The van der Waals surface area contributed by atoms with Gasteiger partial charge in [0.25, 0.3) is 0 Å². The summed E-state index contributed by atoms with van der Waals surface area (Å²) in [4.78, 5) is 25.2. The third-order valence-electron chi connectivity index (χ3n) is 6.63. The van der Waals surface area contributed by atoms with Gasteiger partial charge in [-0.15, -0.1) is 11.3 Å². The first kappa shape index (κ1) is 25.2. The van der Waals surface area contributed by atoms with Crippen molar-refractivity contribution < 1.29 is 14.1 Å². The summed E-state index contributed by atoms with van der Waals surface area (Å²) in [7, 11) is 4.24. The maximum absolute atomic E-state index is 12.8. The first-order chi connectivity index (χ1) is 18.9. The number of hydrogen-bond donors (Lipinski definition) is 2. The Bertz CT molecular complexity index is 1670. The Labute approximate surface area is 229 Å². The van der Waals surface area contributed by atoms with Gasteiger partial charge in [-0.25, -0.2) is 9.67 Å². The van der Waals surface area contributed by atoms with Gasteiger partial charge >= 0.3 is 0 Å². The minimum absolute atomic E-state index is 0.0215. The van der Waals surface area contributed by atoms with E-state index in [2.05, 4.69) is 39.4 Å². The Morgan fingerprint density at radius 2 is 1.92 bits per heavy atom. The van der Waals surface area contributed by atoms with E-state index in [1.807, 2.05) is 48.8 Å². The van der Waals surface area contributed by atoms with Gasteiger partial charge in [-0.2, -0.15) is 10.1 Å². The van der Waals surface area contributed by atoms with E-state index in [0.29, 0.717) is 54.2 Å². The van der Waals surface area contributed by atoms with Gasteiger partial charge in [0.1, 0.15) is 11.2 Å². The van der Waals surface area contributed by atoms with Crippen molar-refractivity contribution in [3.63, 3.8) is 0 Å². The van der Waals surface area contributed by atoms with E-state index in [1.165, 1.54) is 21.8 Å². The molecule has 1 aliphatic heterocycles. The van der Waals surface area contributed by atoms with E-state index < -0.39 is 0 Å². The molecule has 0 spiro atoms. The van der Waals surface area contributed by atoms with Crippen LogP contribution in [0, 0.1) is 6.92 Å². The molecule has 0 atom stereocenters. The number of nitrogens with zero attached hydrogens (tertiary/aromatic N) is 5. The molecule has 39 heavy (non-hydrogen) atoms. The molecule has 1 fully saturated rings. The number of rotatable bonds is 7. The minimum Gasteiger partial charge on any atom is -0.439 e. The van der Waals surface area contributed by atoms with Crippen LogP contribution >= 0.6 is 11.3 Å². The van der Waals surface area contributed by atoms with Crippen molar-refractivity contribution in [3.8, 4) is 16.9 Å². The zero-order valence-corrected chi connectivity index (χ0v) is 22.9. The third kappa shape index (κ3) is 5.29. The Morgan fingerprint density at radius 1 is 1.13 bits per heavy atom. The van der Waals surface area contributed by atoms with Crippen LogP contribution in [0.5, 0.6) is 0 Å². The van der Waals surface area contributed by atoms with Gasteiger partial charge in [0, 0.05) is 59.8 Å². The largest absolute Gasteiger partial charge is 0.439 e. The highest BCUT2D eigenvalue weighted by Crippen LogP contribution is 2.35. The molecule has 6 rings (SSSR count). The van der Waals surface area contributed by atoms with Crippen LogP contribution in [0.2, 0.25) is 0 Å². The first-order valence-corrected chi connectivity index (χ1v) is 13.8. The molecule has 2 N–H and O–H groups in total. The fourth-order valence-electron chi connectivity index (χ4n) is 4.64. The van der Waals surface area contributed by atoms with Crippen LogP contribution in [0.3, 0.4) is 0 Å². The fraction of sp³-hybridized carbons (Fsp3) is 0.286. The van der Waals surface area contributed by atoms with Crippen LogP contribution < -0.4 is 20.5 Å². The monoisotopic (exact) mass is 544 g/mol. The first-order valence-electron chi connectivity index (χ1n) is 12.9. The summed E-state index contributed by atoms with van der Waals surface area (Å²) >= 11 is 1.41. The van der Waals surface area contributed by atoms with E-state index >= 15 is 0 Å². The number of aryl methyl sites for hydroxylation is 1. The normalized spacial score (nSPS) is 13.9. The lowest BCUT2D eigenvalue weighted by atomic mass is 10.1. The molecule has 1 saturated heterocycles. The lowest BCUT2D eigenvalue weighted by Crippen LogP contribution is -3.04. The summed E-state index contributed by atoms with van der Waals surface area (Å²) < 4.78 is 14.1.